The molecule has 78 valence electrons. The SMILES string of the molecule is Cn1cc(C(=O)NCc2cccs2)cn1. The number of amides is 1. The summed E-state index contributed by atoms with van der Waals surface area (Å²) in [6.45, 7) is 0.575. The van der Waals surface area contributed by atoms with Crippen molar-refractivity contribution in [3.63, 3.8) is 0 Å². The average molecular weight is 221 g/mol. The topological polar surface area (TPSA) is 46.9 Å². The summed E-state index contributed by atoms with van der Waals surface area (Å²) in [6, 6.07) is 3.96. The third-order valence-electron chi connectivity index (χ3n) is 1.97. The number of hydrogen-bond acceptors (Lipinski definition) is 3. The van der Waals surface area contributed by atoms with Gasteiger partial charge in [0.1, 0.15) is 0 Å². The van der Waals surface area contributed by atoms with Gasteiger partial charge < -0.3 is 5.32 Å². The Labute approximate surface area is 91.5 Å². The van der Waals surface area contributed by atoms with Gasteiger partial charge in [0, 0.05) is 18.1 Å². The van der Waals surface area contributed by atoms with Crippen LogP contribution in [0, 0.1) is 0 Å². The predicted molar refractivity (Wildman–Crippen MR) is 58.7 cm³/mol. The second kappa shape index (κ2) is 4.27. The fourth-order valence-corrected chi connectivity index (χ4v) is 1.87. The molecule has 4 nitrogen and oxygen atoms in total. The minimum Gasteiger partial charge on any atom is -0.347 e. The molecule has 0 aromatic carbocycles. The summed E-state index contributed by atoms with van der Waals surface area (Å²) >= 11 is 1.63. The van der Waals surface area contributed by atoms with Crippen LogP contribution >= 0.6 is 11.3 Å². The summed E-state index contributed by atoms with van der Waals surface area (Å²) in [6.07, 6.45) is 3.26. The molecule has 0 aliphatic rings. The van der Waals surface area contributed by atoms with Crippen molar-refractivity contribution >= 4 is 17.2 Å². The smallest absolute Gasteiger partial charge is 0.254 e. The van der Waals surface area contributed by atoms with Gasteiger partial charge in [-0.15, -0.1) is 11.3 Å². The lowest BCUT2D eigenvalue weighted by Gasteiger charge is -2.00. The molecule has 0 spiro atoms. The average Bonchev–Trinajstić information content (AvgIpc) is 2.84. The van der Waals surface area contributed by atoms with Crippen molar-refractivity contribution in [2.45, 2.75) is 6.54 Å². The fraction of sp³-hybridized carbons (Fsp3) is 0.200. The molecule has 0 saturated carbocycles. The van der Waals surface area contributed by atoms with Crippen molar-refractivity contribution < 1.29 is 4.79 Å². The minimum absolute atomic E-state index is 0.0866. The van der Waals surface area contributed by atoms with Crippen LogP contribution in [-0.4, -0.2) is 15.7 Å². The van der Waals surface area contributed by atoms with Gasteiger partial charge in [0.25, 0.3) is 5.91 Å². The van der Waals surface area contributed by atoms with Gasteiger partial charge in [0.05, 0.1) is 18.3 Å². The fourth-order valence-electron chi connectivity index (χ4n) is 1.22. The first-order valence-corrected chi connectivity index (χ1v) is 5.43. The zero-order valence-corrected chi connectivity index (χ0v) is 9.12. The summed E-state index contributed by atoms with van der Waals surface area (Å²) in [5, 5.41) is 8.77. The van der Waals surface area contributed by atoms with Gasteiger partial charge in [-0.1, -0.05) is 6.07 Å². The third kappa shape index (κ3) is 2.44. The second-order valence-electron chi connectivity index (χ2n) is 3.16. The number of nitrogens with zero attached hydrogens (tertiary/aromatic N) is 2. The second-order valence-corrected chi connectivity index (χ2v) is 4.20. The highest BCUT2D eigenvalue weighted by molar-refractivity contribution is 7.09. The van der Waals surface area contributed by atoms with Crippen molar-refractivity contribution in [2.75, 3.05) is 0 Å². The van der Waals surface area contributed by atoms with Crippen molar-refractivity contribution in [2.24, 2.45) is 7.05 Å². The third-order valence-corrected chi connectivity index (χ3v) is 2.85. The molecule has 2 rings (SSSR count). The molecular formula is C10H11N3OS. The maximum atomic E-state index is 11.6. The van der Waals surface area contributed by atoms with E-state index in [1.54, 1.807) is 35.5 Å². The highest BCUT2D eigenvalue weighted by Crippen LogP contribution is 2.07. The molecule has 0 unspecified atom stereocenters. The number of carbonyl (C=O) groups is 1. The molecule has 2 heterocycles. The summed E-state index contributed by atoms with van der Waals surface area (Å²) < 4.78 is 1.61. The van der Waals surface area contributed by atoms with Crippen molar-refractivity contribution in [3.05, 3.63) is 40.3 Å². The quantitative estimate of drug-likeness (QED) is 0.852. The van der Waals surface area contributed by atoms with E-state index in [9.17, 15) is 4.79 Å². The normalized spacial score (nSPS) is 10.2. The Morgan fingerprint density at radius 3 is 3.13 bits per heavy atom. The van der Waals surface area contributed by atoms with Crippen LogP contribution in [0.1, 0.15) is 15.2 Å². The van der Waals surface area contributed by atoms with Crippen LogP contribution < -0.4 is 5.32 Å². The number of nitrogens with one attached hydrogen (secondary N) is 1. The Morgan fingerprint density at radius 2 is 2.53 bits per heavy atom. The molecule has 2 aromatic rings. The standard InChI is InChI=1S/C10H11N3OS/c1-13-7-8(5-12-13)10(14)11-6-9-3-2-4-15-9/h2-5,7H,6H2,1H3,(H,11,14). The zero-order chi connectivity index (χ0) is 10.7. The first kappa shape index (κ1) is 9.92. The number of aromatic nitrogens is 2. The van der Waals surface area contributed by atoms with Crippen LogP contribution in [0.15, 0.2) is 29.9 Å². The Balaban J connectivity index is 1.93. The summed E-state index contributed by atoms with van der Waals surface area (Å²) in [7, 11) is 1.79. The largest absolute Gasteiger partial charge is 0.347 e. The van der Waals surface area contributed by atoms with E-state index < -0.39 is 0 Å². The molecular weight excluding hydrogens is 210 g/mol. The van der Waals surface area contributed by atoms with Crippen LogP contribution in [0.5, 0.6) is 0 Å². The molecule has 2 aromatic heterocycles. The van der Waals surface area contributed by atoms with E-state index in [4.69, 9.17) is 0 Å². The molecule has 0 aliphatic carbocycles. The van der Waals surface area contributed by atoms with Gasteiger partial charge >= 0.3 is 0 Å². The van der Waals surface area contributed by atoms with Crippen molar-refractivity contribution in [3.8, 4) is 0 Å². The van der Waals surface area contributed by atoms with Gasteiger partial charge in [-0.3, -0.25) is 9.48 Å². The number of aryl methyl sites for hydroxylation is 1. The van der Waals surface area contributed by atoms with E-state index in [1.807, 2.05) is 17.5 Å². The Bertz CT molecular complexity index is 447. The van der Waals surface area contributed by atoms with Crippen molar-refractivity contribution in [1.82, 2.24) is 15.1 Å². The number of hydrogen-bond donors (Lipinski definition) is 1. The molecule has 0 radical (unpaired) electrons. The predicted octanol–water partition coefficient (Wildman–Crippen LogP) is 1.41. The molecule has 15 heavy (non-hydrogen) atoms. The van der Waals surface area contributed by atoms with E-state index >= 15 is 0 Å². The Hall–Kier alpha value is -1.62. The Kier molecular flexibility index (Phi) is 2.82. The van der Waals surface area contributed by atoms with Crippen molar-refractivity contribution in [1.29, 1.82) is 0 Å². The molecule has 0 fully saturated rings. The number of rotatable bonds is 3. The molecule has 0 atom stereocenters. The molecule has 0 bridgehead atoms. The zero-order valence-electron chi connectivity index (χ0n) is 8.30. The first-order chi connectivity index (χ1) is 7.25. The molecule has 1 N–H and O–H groups in total. The van der Waals surface area contributed by atoms with Gasteiger partial charge in [0.15, 0.2) is 0 Å². The van der Waals surface area contributed by atoms with E-state index in [0.717, 1.165) is 4.88 Å². The molecule has 0 aliphatic heterocycles. The highest BCUT2D eigenvalue weighted by Gasteiger charge is 2.06. The highest BCUT2D eigenvalue weighted by atomic mass is 32.1. The molecule has 0 saturated heterocycles. The summed E-state index contributed by atoms with van der Waals surface area (Å²) in [5.41, 5.74) is 0.592. The summed E-state index contributed by atoms with van der Waals surface area (Å²) in [4.78, 5) is 12.7. The lowest BCUT2D eigenvalue weighted by atomic mass is 10.3. The van der Waals surface area contributed by atoms with Gasteiger partial charge in [-0.25, -0.2) is 0 Å². The van der Waals surface area contributed by atoms with E-state index in [1.165, 1.54) is 0 Å². The lowest BCUT2D eigenvalue weighted by Crippen LogP contribution is -2.21. The minimum atomic E-state index is -0.0866. The monoisotopic (exact) mass is 221 g/mol. The van der Waals surface area contributed by atoms with E-state index in [0.29, 0.717) is 12.1 Å². The van der Waals surface area contributed by atoms with Gasteiger partial charge in [-0.2, -0.15) is 5.10 Å². The maximum Gasteiger partial charge on any atom is 0.254 e. The van der Waals surface area contributed by atoms with Crippen LogP contribution in [0.25, 0.3) is 0 Å². The Morgan fingerprint density at radius 1 is 1.67 bits per heavy atom. The van der Waals surface area contributed by atoms with Crippen LogP contribution in [0.2, 0.25) is 0 Å². The van der Waals surface area contributed by atoms with Crippen LogP contribution in [0.4, 0.5) is 0 Å². The number of carbonyl (C=O) groups excluding carboxylic acids is 1. The van der Waals surface area contributed by atoms with Crippen LogP contribution in [0.3, 0.4) is 0 Å². The number of thiophene rings is 1. The van der Waals surface area contributed by atoms with Gasteiger partial charge in [0.2, 0.25) is 0 Å². The lowest BCUT2D eigenvalue weighted by molar-refractivity contribution is 0.0951. The van der Waals surface area contributed by atoms with E-state index in [-0.39, 0.29) is 5.91 Å². The summed E-state index contributed by atoms with van der Waals surface area (Å²) in [5.74, 6) is -0.0866. The maximum absolute atomic E-state index is 11.6. The van der Waals surface area contributed by atoms with Crippen LogP contribution in [-0.2, 0) is 13.6 Å². The first-order valence-electron chi connectivity index (χ1n) is 4.55. The molecule has 5 heteroatoms. The van der Waals surface area contributed by atoms with Gasteiger partial charge in [-0.05, 0) is 11.4 Å². The molecule has 1 amide bonds. The van der Waals surface area contributed by atoms with E-state index in [2.05, 4.69) is 10.4 Å².